The number of fused-ring (bicyclic) bond motifs is 3. The zero-order valence-electron chi connectivity index (χ0n) is 20.7. The van der Waals surface area contributed by atoms with Crippen LogP contribution in [0.5, 0.6) is 0 Å². The molecule has 0 aliphatic carbocycles. The lowest BCUT2D eigenvalue weighted by molar-refractivity contribution is -0.113. The molecular formula is C29H24N6OS2. The van der Waals surface area contributed by atoms with E-state index in [4.69, 9.17) is 4.98 Å². The fraction of sp³-hybridized carbons (Fsp3) is 0.138. The van der Waals surface area contributed by atoms with Crippen LogP contribution in [0.15, 0.2) is 90.1 Å². The van der Waals surface area contributed by atoms with E-state index in [0.29, 0.717) is 10.3 Å². The zero-order chi connectivity index (χ0) is 25.9. The molecule has 0 saturated carbocycles. The number of carbonyl (C=O) groups excluding carboxylic acids is 1. The molecule has 0 unspecified atom stereocenters. The van der Waals surface area contributed by atoms with E-state index >= 15 is 0 Å². The molecule has 3 aromatic heterocycles. The number of nitrogens with zero attached hydrogens (tertiary/aromatic N) is 5. The molecule has 0 radical (unpaired) electrons. The second-order valence-corrected chi connectivity index (χ2v) is 10.9. The number of nitrogens with one attached hydrogen (secondary N) is 1. The summed E-state index contributed by atoms with van der Waals surface area (Å²) in [6.07, 6.45) is 0.877. The fourth-order valence-corrected chi connectivity index (χ4v) is 5.90. The van der Waals surface area contributed by atoms with Crippen LogP contribution in [-0.4, -0.2) is 36.4 Å². The Hall–Kier alpha value is -4.08. The summed E-state index contributed by atoms with van der Waals surface area (Å²) >= 11 is 2.74. The SMILES string of the molecule is Cc1sc(NC(=O)CSc2nnc3c4ccccc4n(CCc4ccccc4)c3n2)nc1-c1ccccc1. The minimum Gasteiger partial charge on any atom is -0.323 e. The largest absolute Gasteiger partial charge is 0.323 e. The topological polar surface area (TPSA) is 85.6 Å². The van der Waals surface area contributed by atoms with Gasteiger partial charge in [0.05, 0.1) is 17.0 Å². The van der Waals surface area contributed by atoms with Gasteiger partial charge in [0.1, 0.15) is 5.52 Å². The first-order chi connectivity index (χ1) is 18.7. The normalized spacial score (nSPS) is 11.3. The minimum atomic E-state index is -0.156. The third-order valence-electron chi connectivity index (χ3n) is 6.24. The quantitative estimate of drug-likeness (QED) is 0.227. The molecule has 0 atom stereocenters. The molecule has 0 saturated heterocycles. The van der Waals surface area contributed by atoms with Crippen molar-refractivity contribution in [3.8, 4) is 11.3 Å². The van der Waals surface area contributed by atoms with Crippen LogP contribution in [0.4, 0.5) is 5.13 Å². The van der Waals surface area contributed by atoms with Crippen molar-refractivity contribution < 1.29 is 4.79 Å². The molecule has 9 heteroatoms. The molecule has 0 spiro atoms. The molecule has 38 heavy (non-hydrogen) atoms. The van der Waals surface area contributed by atoms with Gasteiger partial charge in [0.25, 0.3) is 0 Å². The molecule has 0 aliphatic rings. The second-order valence-electron chi connectivity index (χ2n) is 8.80. The molecule has 6 aromatic rings. The molecule has 3 heterocycles. The maximum Gasteiger partial charge on any atom is 0.236 e. The van der Waals surface area contributed by atoms with Gasteiger partial charge in [-0.05, 0) is 25.0 Å². The van der Waals surface area contributed by atoms with Crippen molar-refractivity contribution in [1.29, 1.82) is 0 Å². The molecular weight excluding hydrogens is 512 g/mol. The number of aromatic nitrogens is 5. The van der Waals surface area contributed by atoms with Gasteiger partial charge >= 0.3 is 0 Å². The average molecular weight is 537 g/mol. The average Bonchev–Trinajstić information content (AvgIpc) is 3.48. The summed E-state index contributed by atoms with van der Waals surface area (Å²) in [7, 11) is 0. The minimum absolute atomic E-state index is 0.156. The van der Waals surface area contributed by atoms with Gasteiger partial charge in [-0.25, -0.2) is 9.97 Å². The number of benzene rings is 3. The first-order valence-electron chi connectivity index (χ1n) is 12.3. The lowest BCUT2D eigenvalue weighted by Crippen LogP contribution is -2.14. The number of hydrogen-bond acceptors (Lipinski definition) is 7. The Labute approximate surface area is 228 Å². The number of aryl methyl sites for hydroxylation is 3. The van der Waals surface area contributed by atoms with Crippen LogP contribution in [0.25, 0.3) is 33.3 Å². The summed E-state index contributed by atoms with van der Waals surface area (Å²) in [5, 5.41) is 13.8. The predicted octanol–water partition coefficient (Wildman–Crippen LogP) is 6.38. The van der Waals surface area contributed by atoms with E-state index in [1.54, 1.807) is 0 Å². The highest BCUT2D eigenvalue weighted by atomic mass is 32.2. The predicted molar refractivity (Wildman–Crippen MR) is 155 cm³/mol. The molecule has 1 N–H and O–H groups in total. The van der Waals surface area contributed by atoms with E-state index in [-0.39, 0.29) is 11.7 Å². The van der Waals surface area contributed by atoms with E-state index < -0.39 is 0 Å². The van der Waals surface area contributed by atoms with Crippen molar-refractivity contribution in [3.63, 3.8) is 0 Å². The molecule has 3 aromatic carbocycles. The van der Waals surface area contributed by atoms with Crippen molar-refractivity contribution in [2.75, 3.05) is 11.1 Å². The number of thioether (sulfide) groups is 1. The molecule has 6 rings (SSSR count). The highest BCUT2D eigenvalue weighted by molar-refractivity contribution is 7.99. The Morgan fingerprint density at radius 3 is 2.47 bits per heavy atom. The van der Waals surface area contributed by atoms with Gasteiger partial charge in [0, 0.05) is 22.4 Å². The van der Waals surface area contributed by atoms with Gasteiger partial charge in [0.2, 0.25) is 11.1 Å². The van der Waals surface area contributed by atoms with Crippen molar-refractivity contribution >= 4 is 56.2 Å². The molecule has 0 bridgehead atoms. The van der Waals surface area contributed by atoms with Gasteiger partial charge in [-0.15, -0.1) is 21.5 Å². The zero-order valence-corrected chi connectivity index (χ0v) is 22.3. The van der Waals surface area contributed by atoms with Crippen LogP contribution in [0.2, 0.25) is 0 Å². The van der Waals surface area contributed by atoms with Crippen LogP contribution in [-0.2, 0) is 17.8 Å². The lowest BCUT2D eigenvalue weighted by atomic mass is 10.1. The monoisotopic (exact) mass is 536 g/mol. The Kier molecular flexibility index (Phi) is 6.85. The molecule has 0 fully saturated rings. The lowest BCUT2D eigenvalue weighted by Gasteiger charge is -2.07. The van der Waals surface area contributed by atoms with Gasteiger partial charge in [-0.2, -0.15) is 0 Å². The van der Waals surface area contributed by atoms with E-state index in [1.165, 1.54) is 28.7 Å². The van der Waals surface area contributed by atoms with Crippen LogP contribution in [0.3, 0.4) is 0 Å². The molecule has 0 aliphatic heterocycles. The Balaban J connectivity index is 1.19. The Morgan fingerprint density at radius 2 is 1.66 bits per heavy atom. The van der Waals surface area contributed by atoms with Gasteiger partial charge in [0.15, 0.2) is 10.8 Å². The van der Waals surface area contributed by atoms with Crippen molar-refractivity contribution in [2.45, 2.75) is 25.0 Å². The Morgan fingerprint density at radius 1 is 0.921 bits per heavy atom. The summed E-state index contributed by atoms with van der Waals surface area (Å²) < 4.78 is 2.19. The van der Waals surface area contributed by atoms with Crippen LogP contribution >= 0.6 is 23.1 Å². The number of amides is 1. The summed E-state index contributed by atoms with van der Waals surface area (Å²) in [6, 6.07) is 28.5. The highest BCUT2D eigenvalue weighted by Crippen LogP contribution is 2.31. The third-order valence-corrected chi connectivity index (χ3v) is 7.97. The number of rotatable bonds is 8. The van der Waals surface area contributed by atoms with Gasteiger partial charge < -0.3 is 9.88 Å². The first kappa shape index (κ1) is 24.3. The molecule has 188 valence electrons. The van der Waals surface area contributed by atoms with E-state index in [2.05, 4.69) is 55.4 Å². The molecule has 7 nitrogen and oxygen atoms in total. The summed E-state index contributed by atoms with van der Waals surface area (Å²) in [6.45, 7) is 2.78. The second kappa shape index (κ2) is 10.7. The maximum atomic E-state index is 12.7. The van der Waals surface area contributed by atoms with Gasteiger partial charge in [-0.3, -0.25) is 4.79 Å². The Bertz CT molecular complexity index is 1730. The number of carbonyl (C=O) groups is 1. The third kappa shape index (κ3) is 5.03. The van der Waals surface area contributed by atoms with Crippen molar-refractivity contribution in [1.82, 2.24) is 24.7 Å². The number of anilines is 1. The van der Waals surface area contributed by atoms with Crippen LogP contribution in [0.1, 0.15) is 10.4 Å². The number of thiazole rings is 1. The number of para-hydroxylation sites is 1. The first-order valence-corrected chi connectivity index (χ1v) is 14.1. The summed E-state index contributed by atoms with van der Waals surface area (Å²) in [5.74, 6) is 0.00757. The summed E-state index contributed by atoms with van der Waals surface area (Å²) in [4.78, 5) is 23.2. The van der Waals surface area contributed by atoms with Crippen LogP contribution in [0, 0.1) is 6.92 Å². The molecule has 1 amide bonds. The summed E-state index contributed by atoms with van der Waals surface area (Å²) in [5.41, 5.74) is 5.82. The van der Waals surface area contributed by atoms with Crippen LogP contribution < -0.4 is 5.32 Å². The van der Waals surface area contributed by atoms with E-state index in [1.807, 2.05) is 61.5 Å². The highest BCUT2D eigenvalue weighted by Gasteiger charge is 2.16. The van der Waals surface area contributed by atoms with Crippen molar-refractivity contribution in [2.24, 2.45) is 0 Å². The maximum absolute atomic E-state index is 12.7. The van der Waals surface area contributed by atoms with Gasteiger partial charge in [-0.1, -0.05) is 90.6 Å². The standard InChI is InChI=1S/C29H24N6OS2/c1-19-25(21-12-6-3-7-13-21)31-28(38-19)30-24(36)18-37-29-32-27-26(33-34-29)22-14-8-9-15-23(22)35(27)17-16-20-10-4-2-5-11-20/h2-15H,16-18H2,1H3,(H,30,31,36). The van der Waals surface area contributed by atoms with Crippen molar-refractivity contribution in [3.05, 3.63) is 95.4 Å². The van der Waals surface area contributed by atoms with E-state index in [9.17, 15) is 4.79 Å². The number of hydrogen-bond donors (Lipinski definition) is 1. The smallest absolute Gasteiger partial charge is 0.236 e. The fourth-order valence-electron chi connectivity index (χ4n) is 4.46. The van der Waals surface area contributed by atoms with E-state index in [0.717, 1.165) is 51.2 Å².